The molecule has 0 spiro atoms. The van der Waals surface area contributed by atoms with Gasteiger partial charge < -0.3 is 10.4 Å². The van der Waals surface area contributed by atoms with Crippen molar-refractivity contribution in [3.8, 4) is 0 Å². The number of carbonyl (C=O) groups is 2. The maximum absolute atomic E-state index is 11.7. The maximum atomic E-state index is 11.7. The van der Waals surface area contributed by atoms with Gasteiger partial charge in [-0.3, -0.25) is 9.59 Å². The third-order valence-corrected chi connectivity index (χ3v) is 3.87. The second-order valence-corrected chi connectivity index (χ2v) is 5.50. The fourth-order valence-corrected chi connectivity index (χ4v) is 2.70. The van der Waals surface area contributed by atoms with Crippen molar-refractivity contribution in [1.82, 2.24) is 5.32 Å². The molecule has 0 bridgehead atoms. The summed E-state index contributed by atoms with van der Waals surface area (Å²) in [6.07, 6.45) is 3.33. The molecule has 2 N–H and O–H groups in total. The van der Waals surface area contributed by atoms with Gasteiger partial charge in [0.25, 0.3) is 0 Å². The fraction of sp³-hybridized carbons (Fsp3) is 0.500. The van der Waals surface area contributed by atoms with Crippen molar-refractivity contribution in [3.63, 3.8) is 0 Å². The Bertz CT molecular complexity index is 452. The van der Waals surface area contributed by atoms with Crippen LogP contribution in [0.2, 0.25) is 0 Å². The molecule has 0 heterocycles. The molecule has 0 aromatic heterocycles. The number of carbonyl (C=O) groups excluding carboxylic acids is 1. The highest BCUT2D eigenvalue weighted by molar-refractivity contribution is 5.76. The largest absolute Gasteiger partial charge is 0.481 e. The maximum Gasteiger partial charge on any atom is 0.303 e. The van der Waals surface area contributed by atoms with Gasteiger partial charge in [0.15, 0.2) is 0 Å². The smallest absolute Gasteiger partial charge is 0.303 e. The normalized spacial score (nSPS) is 21.0. The highest BCUT2D eigenvalue weighted by Gasteiger charge is 2.31. The average Bonchev–Trinajstić information content (AvgIpc) is 2.39. The first-order chi connectivity index (χ1) is 9.65. The molecule has 20 heavy (non-hydrogen) atoms. The number of hydrogen-bond donors (Lipinski definition) is 2. The zero-order chi connectivity index (χ0) is 14.4. The van der Waals surface area contributed by atoms with Gasteiger partial charge in [-0.15, -0.1) is 0 Å². The van der Waals surface area contributed by atoms with E-state index >= 15 is 0 Å². The van der Waals surface area contributed by atoms with E-state index in [9.17, 15) is 9.59 Å². The van der Waals surface area contributed by atoms with Gasteiger partial charge in [-0.05, 0) is 36.7 Å². The van der Waals surface area contributed by atoms with E-state index in [4.69, 9.17) is 5.11 Å². The predicted molar refractivity (Wildman–Crippen MR) is 76.4 cm³/mol. The third-order valence-electron chi connectivity index (χ3n) is 3.87. The first kappa shape index (κ1) is 14.6. The summed E-state index contributed by atoms with van der Waals surface area (Å²) < 4.78 is 0. The van der Waals surface area contributed by atoms with Gasteiger partial charge in [-0.1, -0.05) is 30.3 Å². The summed E-state index contributed by atoms with van der Waals surface area (Å²) in [5.41, 5.74) is 1.37. The van der Waals surface area contributed by atoms with Crippen LogP contribution in [0.15, 0.2) is 30.3 Å². The number of carboxylic acid groups (broad SMARTS) is 1. The Morgan fingerprint density at radius 3 is 2.55 bits per heavy atom. The van der Waals surface area contributed by atoms with E-state index in [1.165, 1.54) is 5.56 Å². The molecular weight excluding hydrogens is 254 g/mol. The molecule has 1 fully saturated rings. The van der Waals surface area contributed by atoms with Crippen LogP contribution in [0.4, 0.5) is 0 Å². The summed E-state index contributed by atoms with van der Waals surface area (Å²) in [6, 6.07) is 10.4. The summed E-state index contributed by atoms with van der Waals surface area (Å²) in [5.74, 6) is 0.302. The van der Waals surface area contributed by atoms with Crippen molar-refractivity contribution in [2.45, 2.75) is 38.0 Å². The predicted octanol–water partition coefficient (Wildman–Crippen LogP) is 2.55. The number of nitrogens with one attached hydrogen (secondary N) is 1. The van der Waals surface area contributed by atoms with Crippen molar-refractivity contribution in [2.24, 2.45) is 5.92 Å². The van der Waals surface area contributed by atoms with E-state index in [1.807, 2.05) is 6.07 Å². The molecule has 0 unspecified atom stereocenters. The number of carboxylic acids is 1. The Morgan fingerprint density at radius 2 is 1.90 bits per heavy atom. The van der Waals surface area contributed by atoms with E-state index in [2.05, 4.69) is 29.6 Å². The molecule has 0 radical (unpaired) electrons. The molecule has 4 nitrogen and oxygen atoms in total. The first-order valence-corrected chi connectivity index (χ1v) is 7.18. The Labute approximate surface area is 119 Å². The average molecular weight is 275 g/mol. The van der Waals surface area contributed by atoms with Crippen LogP contribution in [-0.2, 0) is 9.59 Å². The lowest BCUT2D eigenvalue weighted by molar-refractivity contribution is -0.137. The van der Waals surface area contributed by atoms with Crippen LogP contribution in [0.5, 0.6) is 0 Å². The van der Waals surface area contributed by atoms with E-state index in [-0.39, 0.29) is 12.3 Å². The van der Waals surface area contributed by atoms with Crippen LogP contribution in [0.25, 0.3) is 0 Å². The molecule has 1 aliphatic carbocycles. The molecule has 4 heteroatoms. The van der Waals surface area contributed by atoms with Crippen molar-refractivity contribution in [1.29, 1.82) is 0 Å². The number of rotatable bonds is 7. The molecule has 2 rings (SSSR count). The first-order valence-electron chi connectivity index (χ1n) is 7.18. The molecule has 1 saturated carbocycles. The summed E-state index contributed by atoms with van der Waals surface area (Å²) in [4.78, 5) is 22.0. The quantitative estimate of drug-likeness (QED) is 0.751. The van der Waals surface area contributed by atoms with E-state index in [1.54, 1.807) is 0 Å². The summed E-state index contributed by atoms with van der Waals surface area (Å²) in [6.45, 7) is 0.458. The van der Waals surface area contributed by atoms with Gasteiger partial charge in [0.05, 0.1) is 0 Å². The van der Waals surface area contributed by atoms with Crippen LogP contribution >= 0.6 is 0 Å². The minimum atomic E-state index is -0.816. The van der Waals surface area contributed by atoms with Crippen LogP contribution in [0, 0.1) is 5.92 Å². The van der Waals surface area contributed by atoms with E-state index < -0.39 is 5.97 Å². The molecule has 1 aromatic rings. The zero-order valence-electron chi connectivity index (χ0n) is 11.5. The van der Waals surface area contributed by atoms with E-state index in [0.29, 0.717) is 31.2 Å². The zero-order valence-corrected chi connectivity index (χ0v) is 11.5. The Kier molecular flexibility index (Phi) is 5.16. The van der Waals surface area contributed by atoms with Crippen molar-refractivity contribution >= 4 is 11.9 Å². The minimum absolute atomic E-state index is 0.0481. The molecule has 0 aliphatic heterocycles. The third kappa shape index (κ3) is 4.37. The molecule has 0 saturated heterocycles. The van der Waals surface area contributed by atoms with Crippen molar-refractivity contribution in [2.75, 3.05) is 6.54 Å². The second-order valence-electron chi connectivity index (χ2n) is 5.50. The highest BCUT2D eigenvalue weighted by Crippen LogP contribution is 2.43. The van der Waals surface area contributed by atoms with Crippen molar-refractivity contribution < 1.29 is 14.7 Å². The van der Waals surface area contributed by atoms with Gasteiger partial charge in [0.1, 0.15) is 0 Å². The standard InChI is InChI=1S/C16H21NO3/c18-15(17-8-4-7-16(19)20)11-12-9-14(10-12)13-5-2-1-3-6-13/h1-3,5-6,12,14H,4,7-11H2,(H,17,18)(H,19,20). The monoisotopic (exact) mass is 275 g/mol. The Hall–Kier alpha value is -1.84. The topological polar surface area (TPSA) is 66.4 Å². The molecule has 0 atom stereocenters. The number of benzene rings is 1. The van der Waals surface area contributed by atoms with Gasteiger partial charge in [-0.25, -0.2) is 0 Å². The number of aliphatic carboxylic acids is 1. The van der Waals surface area contributed by atoms with Gasteiger partial charge >= 0.3 is 5.97 Å². The lowest BCUT2D eigenvalue weighted by atomic mass is 9.70. The van der Waals surface area contributed by atoms with Crippen LogP contribution in [0.3, 0.4) is 0 Å². The van der Waals surface area contributed by atoms with Crippen LogP contribution < -0.4 is 5.32 Å². The molecule has 108 valence electrons. The fourth-order valence-electron chi connectivity index (χ4n) is 2.70. The number of amides is 1. The minimum Gasteiger partial charge on any atom is -0.481 e. The highest BCUT2D eigenvalue weighted by atomic mass is 16.4. The van der Waals surface area contributed by atoms with Gasteiger partial charge in [-0.2, -0.15) is 0 Å². The van der Waals surface area contributed by atoms with Crippen molar-refractivity contribution in [3.05, 3.63) is 35.9 Å². The van der Waals surface area contributed by atoms with Gasteiger partial charge in [0, 0.05) is 19.4 Å². The van der Waals surface area contributed by atoms with Crippen LogP contribution in [-0.4, -0.2) is 23.5 Å². The molecule has 1 aliphatic rings. The number of hydrogen-bond acceptors (Lipinski definition) is 2. The van der Waals surface area contributed by atoms with Crippen LogP contribution in [0.1, 0.15) is 43.6 Å². The molecule has 1 amide bonds. The SMILES string of the molecule is O=C(O)CCCNC(=O)CC1CC(c2ccccc2)C1. The molecule has 1 aromatic carbocycles. The molecular formula is C16H21NO3. The Balaban J connectivity index is 1.60. The van der Waals surface area contributed by atoms with Gasteiger partial charge in [0.2, 0.25) is 5.91 Å². The van der Waals surface area contributed by atoms with E-state index in [0.717, 1.165) is 12.8 Å². The summed E-state index contributed by atoms with van der Waals surface area (Å²) >= 11 is 0. The lowest BCUT2D eigenvalue weighted by Crippen LogP contribution is -2.31. The Morgan fingerprint density at radius 1 is 1.20 bits per heavy atom. The summed E-state index contributed by atoms with van der Waals surface area (Å²) in [7, 11) is 0. The summed E-state index contributed by atoms with van der Waals surface area (Å²) in [5, 5.41) is 11.3. The second kappa shape index (κ2) is 7.08. The lowest BCUT2D eigenvalue weighted by Gasteiger charge is -2.35.